The van der Waals surface area contributed by atoms with Gasteiger partial charge in [-0.2, -0.15) is 0 Å². The van der Waals surface area contributed by atoms with Crippen LogP contribution in [0, 0.1) is 6.92 Å². The zero-order valence-electron chi connectivity index (χ0n) is 10.0. The van der Waals surface area contributed by atoms with E-state index in [2.05, 4.69) is 5.32 Å². The first-order valence-electron chi connectivity index (χ1n) is 5.20. The minimum absolute atomic E-state index is 0.187. The molecule has 1 rings (SSSR count). The van der Waals surface area contributed by atoms with Gasteiger partial charge in [-0.25, -0.2) is 0 Å². The zero-order chi connectivity index (χ0) is 12.3. The van der Waals surface area contributed by atoms with Crippen LogP contribution >= 0.6 is 11.6 Å². The van der Waals surface area contributed by atoms with Crippen LogP contribution in [0.2, 0.25) is 5.02 Å². The largest absolute Gasteiger partial charge is 0.496 e. The highest BCUT2D eigenvalue weighted by atomic mass is 35.5. The number of hydrogen-bond donors (Lipinski definition) is 2. The predicted octanol–water partition coefficient (Wildman–Crippen LogP) is 2.30. The van der Waals surface area contributed by atoms with Gasteiger partial charge in [0, 0.05) is 10.6 Å². The van der Waals surface area contributed by atoms with Crippen molar-refractivity contribution in [1.29, 1.82) is 0 Å². The summed E-state index contributed by atoms with van der Waals surface area (Å²) >= 11 is 6.08. The molecule has 0 amide bonds. The number of aliphatic hydroxyl groups is 1. The van der Waals surface area contributed by atoms with Gasteiger partial charge in [-0.05, 0) is 38.6 Å². The predicted molar refractivity (Wildman–Crippen MR) is 66.2 cm³/mol. The molecule has 90 valence electrons. The van der Waals surface area contributed by atoms with Gasteiger partial charge in [0.25, 0.3) is 0 Å². The standard InChI is InChI=1S/C12H18ClNO2/c1-7-5-11(16-4)9(6-10(7)13)12(14-3)8(2)15/h5-6,8,12,14-15H,1-4H3. The summed E-state index contributed by atoms with van der Waals surface area (Å²) in [7, 11) is 3.41. The molecule has 3 nitrogen and oxygen atoms in total. The van der Waals surface area contributed by atoms with E-state index in [-0.39, 0.29) is 6.04 Å². The summed E-state index contributed by atoms with van der Waals surface area (Å²) in [5.74, 6) is 0.738. The average Bonchev–Trinajstić information content (AvgIpc) is 2.23. The summed E-state index contributed by atoms with van der Waals surface area (Å²) in [5.41, 5.74) is 1.83. The molecule has 1 aromatic carbocycles. The van der Waals surface area contributed by atoms with E-state index in [1.54, 1.807) is 21.1 Å². The Morgan fingerprint density at radius 1 is 1.44 bits per heavy atom. The molecule has 4 heteroatoms. The second-order valence-electron chi connectivity index (χ2n) is 3.85. The van der Waals surface area contributed by atoms with Crippen molar-refractivity contribution < 1.29 is 9.84 Å². The summed E-state index contributed by atoms with van der Waals surface area (Å²) in [5, 5.41) is 13.4. The van der Waals surface area contributed by atoms with Crippen LogP contribution in [-0.4, -0.2) is 25.4 Å². The lowest BCUT2D eigenvalue weighted by molar-refractivity contribution is 0.148. The summed E-state index contributed by atoms with van der Waals surface area (Å²) in [6.07, 6.45) is -0.516. The minimum atomic E-state index is -0.516. The van der Waals surface area contributed by atoms with Crippen LogP contribution in [0.3, 0.4) is 0 Å². The van der Waals surface area contributed by atoms with Gasteiger partial charge in [0.15, 0.2) is 0 Å². The fraction of sp³-hybridized carbons (Fsp3) is 0.500. The molecule has 0 spiro atoms. The highest BCUT2D eigenvalue weighted by molar-refractivity contribution is 6.31. The zero-order valence-corrected chi connectivity index (χ0v) is 10.8. The van der Waals surface area contributed by atoms with E-state index >= 15 is 0 Å². The molecule has 0 radical (unpaired) electrons. The molecule has 0 aliphatic carbocycles. The van der Waals surface area contributed by atoms with Gasteiger partial charge in [-0.1, -0.05) is 11.6 Å². The van der Waals surface area contributed by atoms with Crippen molar-refractivity contribution in [2.75, 3.05) is 14.2 Å². The van der Waals surface area contributed by atoms with Crippen LogP contribution in [0.15, 0.2) is 12.1 Å². The van der Waals surface area contributed by atoms with Crippen LogP contribution < -0.4 is 10.1 Å². The first-order chi connectivity index (χ1) is 7.51. The van der Waals surface area contributed by atoms with Crippen LogP contribution in [0.4, 0.5) is 0 Å². The molecule has 0 aliphatic rings. The van der Waals surface area contributed by atoms with E-state index in [1.165, 1.54) is 0 Å². The van der Waals surface area contributed by atoms with E-state index in [1.807, 2.05) is 19.1 Å². The van der Waals surface area contributed by atoms with Crippen molar-refractivity contribution in [3.05, 3.63) is 28.3 Å². The van der Waals surface area contributed by atoms with Crippen LogP contribution in [-0.2, 0) is 0 Å². The molecule has 0 bridgehead atoms. The van der Waals surface area contributed by atoms with Gasteiger partial charge >= 0.3 is 0 Å². The summed E-state index contributed by atoms with van der Waals surface area (Å²) in [4.78, 5) is 0. The van der Waals surface area contributed by atoms with Crippen LogP contribution in [0.1, 0.15) is 24.1 Å². The topological polar surface area (TPSA) is 41.5 Å². The third kappa shape index (κ3) is 2.67. The Labute approximate surface area is 101 Å². The number of hydrogen-bond acceptors (Lipinski definition) is 3. The Hall–Kier alpha value is -0.770. The van der Waals surface area contributed by atoms with Crippen molar-refractivity contribution in [1.82, 2.24) is 5.32 Å². The molecule has 2 N–H and O–H groups in total. The molecule has 16 heavy (non-hydrogen) atoms. The Morgan fingerprint density at radius 3 is 2.50 bits per heavy atom. The molecule has 0 heterocycles. The number of rotatable bonds is 4. The van der Waals surface area contributed by atoms with E-state index in [0.29, 0.717) is 5.02 Å². The summed E-state index contributed by atoms with van der Waals surface area (Å²) in [6, 6.07) is 3.53. The third-order valence-corrected chi connectivity index (χ3v) is 3.05. The van der Waals surface area contributed by atoms with Gasteiger partial charge < -0.3 is 15.2 Å². The Bertz CT molecular complexity index is 366. The molecule has 0 aliphatic heterocycles. The van der Waals surface area contributed by atoms with E-state index in [4.69, 9.17) is 16.3 Å². The SMILES string of the molecule is CNC(c1cc(Cl)c(C)cc1OC)C(C)O. The molecule has 2 unspecified atom stereocenters. The van der Waals surface area contributed by atoms with E-state index in [9.17, 15) is 5.11 Å². The van der Waals surface area contributed by atoms with Gasteiger partial charge in [0.1, 0.15) is 5.75 Å². The second-order valence-corrected chi connectivity index (χ2v) is 4.26. The van der Waals surface area contributed by atoms with E-state index in [0.717, 1.165) is 16.9 Å². The summed E-state index contributed by atoms with van der Waals surface area (Å²) < 4.78 is 5.30. The molecule has 0 saturated heterocycles. The molecule has 0 fully saturated rings. The monoisotopic (exact) mass is 243 g/mol. The van der Waals surface area contributed by atoms with Crippen molar-refractivity contribution in [2.45, 2.75) is 26.0 Å². The maximum absolute atomic E-state index is 9.68. The fourth-order valence-corrected chi connectivity index (χ4v) is 1.92. The number of ether oxygens (including phenoxy) is 1. The summed E-state index contributed by atoms with van der Waals surface area (Å²) in [6.45, 7) is 3.65. The lowest BCUT2D eigenvalue weighted by atomic mass is 10.00. The molecule has 0 saturated carbocycles. The molecule has 0 aromatic heterocycles. The first kappa shape index (κ1) is 13.3. The third-order valence-electron chi connectivity index (χ3n) is 2.64. The smallest absolute Gasteiger partial charge is 0.124 e. The fourth-order valence-electron chi connectivity index (χ4n) is 1.75. The number of methoxy groups -OCH3 is 1. The molecule has 1 aromatic rings. The van der Waals surface area contributed by atoms with Crippen molar-refractivity contribution in [3.63, 3.8) is 0 Å². The second kappa shape index (κ2) is 5.53. The lowest BCUT2D eigenvalue weighted by Crippen LogP contribution is -2.27. The minimum Gasteiger partial charge on any atom is -0.496 e. The Kier molecular flexibility index (Phi) is 4.59. The molecule has 2 atom stereocenters. The van der Waals surface area contributed by atoms with Crippen LogP contribution in [0.5, 0.6) is 5.75 Å². The maximum atomic E-state index is 9.68. The van der Waals surface area contributed by atoms with Crippen molar-refractivity contribution in [3.8, 4) is 5.75 Å². The average molecular weight is 244 g/mol. The number of likely N-dealkylation sites (N-methyl/N-ethyl adjacent to an activating group) is 1. The molecular formula is C12H18ClNO2. The quantitative estimate of drug-likeness (QED) is 0.853. The molecular weight excluding hydrogens is 226 g/mol. The number of halogens is 1. The number of aliphatic hydroxyl groups excluding tert-OH is 1. The van der Waals surface area contributed by atoms with E-state index < -0.39 is 6.10 Å². The normalized spacial score (nSPS) is 14.6. The maximum Gasteiger partial charge on any atom is 0.124 e. The van der Waals surface area contributed by atoms with Crippen molar-refractivity contribution >= 4 is 11.6 Å². The van der Waals surface area contributed by atoms with Gasteiger partial charge in [-0.3, -0.25) is 0 Å². The van der Waals surface area contributed by atoms with Gasteiger partial charge in [-0.15, -0.1) is 0 Å². The van der Waals surface area contributed by atoms with Crippen molar-refractivity contribution in [2.24, 2.45) is 0 Å². The van der Waals surface area contributed by atoms with Crippen LogP contribution in [0.25, 0.3) is 0 Å². The highest BCUT2D eigenvalue weighted by Crippen LogP contribution is 2.32. The van der Waals surface area contributed by atoms with Gasteiger partial charge in [0.05, 0.1) is 19.3 Å². The number of benzene rings is 1. The highest BCUT2D eigenvalue weighted by Gasteiger charge is 2.20. The Balaban J connectivity index is 3.24. The lowest BCUT2D eigenvalue weighted by Gasteiger charge is -2.22. The first-order valence-corrected chi connectivity index (χ1v) is 5.58. The number of aryl methyl sites for hydroxylation is 1. The number of nitrogens with one attached hydrogen (secondary N) is 1. The Morgan fingerprint density at radius 2 is 2.06 bits per heavy atom. The van der Waals surface area contributed by atoms with Gasteiger partial charge in [0.2, 0.25) is 0 Å².